The van der Waals surface area contributed by atoms with Crippen LogP contribution in [-0.4, -0.2) is 37.9 Å². The van der Waals surface area contributed by atoms with E-state index < -0.39 is 6.10 Å². The molecule has 0 amide bonds. The van der Waals surface area contributed by atoms with Crippen LogP contribution < -0.4 is 4.90 Å². The predicted octanol–water partition coefficient (Wildman–Crippen LogP) is 2.35. The summed E-state index contributed by atoms with van der Waals surface area (Å²) in [4.78, 5) is 6.54. The molecule has 1 fully saturated rings. The normalized spacial score (nSPS) is 20.6. The molecule has 7 heteroatoms. The number of aromatic nitrogens is 4. The fourth-order valence-electron chi connectivity index (χ4n) is 2.90. The number of hydrogen-bond acceptors (Lipinski definition) is 6. The van der Waals surface area contributed by atoms with Crippen molar-refractivity contribution in [3.8, 4) is 0 Å². The maximum Gasteiger partial charge on any atom is 0.208 e. The molecule has 3 heterocycles. The van der Waals surface area contributed by atoms with E-state index in [-0.39, 0.29) is 5.92 Å². The molecule has 1 aliphatic rings. The Hall–Kier alpha value is -1.47. The molecule has 120 valence electrons. The van der Waals surface area contributed by atoms with Crippen molar-refractivity contribution >= 4 is 16.5 Å². The number of imidazole rings is 1. The second-order valence-corrected chi connectivity index (χ2v) is 7.25. The van der Waals surface area contributed by atoms with Crippen LogP contribution in [0.3, 0.4) is 0 Å². The van der Waals surface area contributed by atoms with Crippen LogP contribution in [0.2, 0.25) is 0 Å². The van der Waals surface area contributed by atoms with Crippen molar-refractivity contribution in [1.29, 1.82) is 0 Å². The van der Waals surface area contributed by atoms with Gasteiger partial charge < -0.3 is 14.6 Å². The summed E-state index contributed by atoms with van der Waals surface area (Å²) >= 11 is 1.66. The van der Waals surface area contributed by atoms with Gasteiger partial charge in [-0.25, -0.2) is 4.98 Å². The van der Waals surface area contributed by atoms with Gasteiger partial charge in [-0.05, 0) is 12.8 Å². The fraction of sp³-hybridized carbons (Fsp3) is 0.667. The van der Waals surface area contributed by atoms with Crippen LogP contribution in [0.25, 0.3) is 0 Å². The Balaban J connectivity index is 1.72. The monoisotopic (exact) mass is 321 g/mol. The van der Waals surface area contributed by atoms with Crippen molar-refractivity contribution < 1.29 is 5.11 Å². The quantitative estimate of drug-likeness (QED) is 0.936. The lowest BCUT2D eigenvalue weighted by molar-refractivity contribution is 0.0875. The van der Waals surface area contributed by atoms with Crippen LogP contribution in [0.15, 0.2) is 12.4 Å². The van der Waals surface area contributed by atoms with Gasteiger partial charge in [-0.15, -0.1) is 10.2 Å². The number of aliphatic hydroxyl groups excluding tert-OH is 1. The number of rotatable bonds is 4. The average Bonchev–Trinajstić information content (AvgIpc) is 3.15. The smallest absolute Gasteiger partial charge is 0.208 e. The summed E-state index contributed by atoms with van der Waals surface area (Å²) in [5.41, 5.74) is 0. The van der Waals surface area contributed by atoms with E-state index in [4.69, 9.17) is 0 Å². The third kappa shape index (κ3) is 3.01. The van der Waals surface area contributed by atoms with Crippen molar-refractivity contribution in [2.45, 2.75) is 38.7 Å². The molecule has 0 aliphatic carbocycles. The molecule has 0 radical (unpaired) electrons. The molecule has 2 atom stereocenters. The first-order chi connectivity index (χ1) is 10.6. The van der Waals surface area contributed by atoms with Crippen molar-refractivity contribution in [3.05, 3.63) is 23.2 Å². The Kier molecular flexibility index (Phi) is 4.44. The van der Waals surface area contributed by atoms with Crippen LogP contribution in [0.1, 0.15) is 49.5 Å². The first kappa shape index (κ1) is 15.4. The molecule has 1 N–H and O–H groups in total. The molecule has 2 unspecified atom stereocenters. The van der Waals surface area contributed by atoms with Crippen LogP contribution in [0.5, 0.6) is 0 Å². The summed E-state index contributed by atoms with van der Waals surface area (Å²) in [6.45, 7) is 6.06. The Morgan fingerprint density at radius 3 is 2.82 bits per heavy atom. The van der Waals surface area contributed by atoms with Gasteiger partial charge in [0, 0.05) is 44.4 Å². The summed E-state index contributed by atoms with van der Waals surface area (Å²) in [7, 11) is 1.92. The Bertz CT molecular complexity index is 623. The van der Waals surface area contributed by atoms with E-state index in [0.29, 0.717) is 5.92 Å². The molecule has 1 saturated heterocycles. The van der Waals surface area contributed by atoms with Crippen LogP contribution in [0, 0.1) is 5.92 Å². The number of piperidine rings is 1. The molecule has 2 aromatic rings. The molecule has 1 aliphatic heterocycles. The van der Waals surface area contributed by atoms with E-state index in [2.05, 4.69) is 33.9 Å². The maximum absolute atomic E-state index is 10.6. The predicted molar refractivity (Wildman–Crippen MR) is 87.1 cm³/mol. The van der Waals surface area contributed by atoms with Gasteiger partial charge >= 0.3 is 0 Å². The molecular weight excluding hydrogens is 298 g/mol. The molecular formula is C15H23N5OS. The standard InChI is InChI=1S/C15H23N5OS/c1-10(2)14-17-18-15(22-14)20-7-4-5-11(9-20)12(21)13-16-6-8-19(13)3/h6,8,10-12,21H,4-5,7,9H2,1-3H3. The minimum atomic E-state index is -0.528. The highest BCUT2D eigenvalue weighted by Gasteiger charge is 2.30. The summed E-state index contributed by atoms with van der Waals surface area (Å²) < 4.78 is 1.89. The zero-order chi connectivity index (χ0) is 15.7. The second kappa shape index (κ2) is 6.34. The summed E-state index contributed by atoms with van der Waals surface area (Å²) in [6.07, 6.45) is 5.15. The summed E-state index contributed by atoms with van der Waals surface area (Å²) in [6, 6.07) is 0. The van der Waals surface area contributed by atoms with Crippen molar-refractivity contribution in [3.63, 3.8) is 0 Å². The highest BCUT2D eigenvalue weighted by Crippen LogP contribution is 2.33. The van der Waals surface area contributed by atoms with E-state index in [1.165, 1.54) is 0 Å². The lowest BCUT2D eigenvalue weighted by Gasteiger charge is -2.34. The number of hydrogen-bond donors (Lipinski definition) is 1. The molecule has 3 rings (SSSR count). The van der Waals surface area contributed by atoms with Gasteiger partial charge in [0.15, 0.2) is 0 Å². The maximum atomic E-state index is 10.6. The molecule has 22 heavy (non-hydrogen) atoms. The van der Waals surface area contributed by atoms with E-state index >= 15 is 0 Å². The Morgan fingerprint density at radius 2 is 2.18 bits per heavy atom. The Morgan fingerprint density at radius 1 is 1.36 bits per heavy atom. The summed E-state index contributed by atoms with van der Waals surface area (Å²) in [5.74, 6) is 1.33. The fourth-order valence-corrected chi connectivity index (χ4v) is 3.78. The van der Waals surface area contributed by atoms with Crippen molar-refractivity contribution in [2.24, 2.45) is 13.0 Å². The molecule has 0 spiro atoms. The van der Waals surface area contributed by atoms with Gasteiger partial charge in [-0.3, -0.25) is 0 Å². The molecule has 0 aromatic carbocycles. The third-order valence-corrected chi connectivity index (χ3v) is 5.51. The molecule has 6 nitrogen and oxygen atoms in total. The van der Waals surface area contributed by atoms with Gasteiger partial charge in [0.05, 0.1) is 0 Å². The van der Waals surface area contributed by atoms with Crippen LogP contribution >= 0.6 is 11.3 Å². The first-order valence-electron chi connectivity index (χ1n) is 7.80. The minimum absolute atomic E-state index is 0.182. The van der Waals surface area contributed by atoms with E-state index in [1.54, 1.807) is 17.5 Å². The zero-order valence-corrected chi connectivity index (χ0v) is 14.1. The second-order valence-electron chi connectivity index (χ2n) is 6.27. The van der Waals surface area contributed by atoms with E-state index in [1.807, 2.05) is 17.8 Å². The first-order valence-corrected chi connectivity index (χ1v) is 8.61. The van der Waals surface area contributed by atoms with E-state index in [0.717, 1.165) is 41.9 Å². The van der Waals surface area contributed by atoms with Gasteiger partial charge in [0.25, 0.3) is 0 Å². The Labute approximate surface area is 134 Å². The highest BCUT2D eigenvalue weighted by molar-refractivity contribution is 7.15. The van der Waals surface area contributed by atoms with Crippen molar-refractivity contribution in [2.75, 3.05) is 18.0 Å². The van der Waals surface area contributed by atoms with Crippen LogP contribution in [-0.2, 0) is 7.05 Å². The number of aryl methyl sites for hydroxylation is 1. The van der Waals surface area contributed by atoms with Gasteiger partial charge in [-0.2, -0.15) is 0 Å². The molecule has 2 aromatic heterocycles. The van der Waals surface area contributed by atoms with Crippen LogP contribution in [0.4, 0.5) is 5.13 Å². The van der Waals surface area contributed by atoms with Gasteiger partial charge in [-0.1, -0.05) is 25.2 Å². The van der Waals surface area contributed by atoms with Gasteiger partial charge in [0.1, 0.15) is 16.9 Å². The molecule has 0 saturated carbocycles. The molecule has 0 bridgehead atoms. The third-order valence-electron chi connectivity index (χ3n) is 4.22. The highest BCUT2D eigenvalue weighted by atomic mass is 32.1. The zero-order valence-electron chi connectivity index (χ0n) is 13.3. The largest absolute Gasteiger partial charge is 0.385 e. The SMILES string of the molecule is CC(C)c1nnc(N2CCCC(C(O)c3nccn3C)C2)s1. The number of nitrogens with zero attached hydrogens (tertiary/aromatic N) is 5. The van der Waals surface area contributed by atoms with Gasteiger partial charge in [0.2, 0.25) is 5.13 Å². The lowest BCUT2D eigenvalue weighted by Crippen LogP contribution is -2.38. The van der Waals surface area contributed by atoms with Crippen molar-refractivity contribution in [1.82, 2.24) is 19.7 Å². The minimum Gasteiger partial charge on any atom is -0.385 e. The number of aliphatic hydroxyl groups is 1. The topological polar surface area (TPSA) is 67.1 Å². The lowest BCUT2D eigenvalue weighted by atomic mass is 9.92. The number of anilines is 1. The summed E-state index contributed by atoms with van der Waals surface area (Å²) in [5, 5.41) is 21.3. The average molecular weight is 321 g/mol. The van der Waals surface area contributed by atoms with E-state index in [9.17, 15) is 5.11 Å².